The maximum atomic E-state index is 4.49. The monoisotopic (exact) mass is 743 g/mol. The molecule has 1 radical (unpaired) electrons. The molecule has 1 nitrogen and oxygen atoms in total. The van der Waals surface area contributed by atoms with Crippen LogP contribution in [-0.4, -0.2) is 22.0 Å². The van der Waals surface area contributed by atoms with Gasteiger partial charge in [-0.3, -0.25) is 0 Å². The van der Waals surface area contributed by atoms with Gasteiger partial charge in [0.1, 0.15) is 0 Å². The van der Waals surface area contributed by atoms with Gasteiger partial charge in [-0.15, -0.1) is 29.8 Å². The van der Waals surface area contributed by atoms with Crippen LogP contribution in [0.2, 0.25) is 0 Å². The van der Waals surface area contributed by atoms with Gasteiger partial charge < -0.3 is 55.9 Å². The smallest absolute Gasteiger partial charge is 0.0677 e. The number of nitrogens with zero attached hydrogens (tertiary/aromatic N) is 1. The van der Waals surface area contributed by atoms with Gasteiger partial charge in [0.25, 0.3) is 0 Å². The van der Waals surface area contributed by atoms with E-state index in [0.717, 1.165) is 11.3 Å². The first-order valence-electron chi connectivity index (χ1n) is 8.22. The first kappa shape index (κ1) is 31.6. The van der Waals surface area contributed by atoms with Crippen LogP contribution in [0.25, 0.3) is 11.3 Å². The molecule has 0 N–H and O–H groups in total. The molecular weight excluding hydrogens is 717 g/mol. The standard InChI is InChI=1S/C20H28NP.3BrH.Ir/c1-15(2)22(16(3)4,17(5)6)19-11-9-10-18(14-19)20-12-7-8-13-21-20;;;;/h7-9,11-17H,1-6H3;3*1H;/p-3. The third-order valence-corrected chi connectivity index (χ3v) is 11.0. The molecule has 6 heteroatoms. The zero-order valence-corrected chi connectivity index (χ0v) is 24.2. The summed E-state index contributed by atoms with van der Waals surface area (Å²) in [4.78, 5) is 4.49. The molecule has 0 saturated heterocycles. The summed E-state index contributed by atoms with van der Waals surface area (Å²) in [6.45, 7) is 14.4. The van der Waals surface area contributed by atoms with Crippen LogP contribution in [0, 0.1) is 6.07 Å². The van der Waals surface area contributed by atoms with Crippen molar-refractivity contribution in [2.75, 3.05) is 0 Å². The van der Waals surface area contributed by atoms with E-state index in [0.29, 0.717) is 17.0 Å². The molecule has 151 valence electrons. The van der Waals surface area contributed by atoms with Gasteiger partial charge in [0.15, 0.2) is 0 Å². The Balaban J connectivity index is -0.00000132. The summed E-state index contributed by atoms with van der Waals surface area (Å²) in [5, 5.41) is 1.52. The van der Waals surface area contributed by atoms with E-state index >= 15 is 0 Å². The van der Waals surface area contributed by atoms with Crippen LogP contribution >= 0.6 is 7.26 Å². The van der Waals surface area contributed by atoms with Crippen LogP contribution in [0.4, 0.5) is 0 Å². The van der Waals surface area contributed by atoms with Crippen molar-refractivity contribution in [3.8, 4) is 11.3 Å². The normalized spacial score (nSPS) is 10.5. The van der Waals surface area contributed by atoms with Gasteiger partial charge in [-0.25, -0.2) is 0 Å². The van der Waals surface area contributed by atoms with Crippen LogP contribution in [0.1, 0.15) is 41.5 Å². The molecule has 0 saturated carbocycles. The Bertz CT molecular complexity index is 600. The van der Waals surface area contributed by atoms with E-state index in [1.54, 1.807) is 0 Å². The molecule has 0 amide bonds. The first-order chi connectivity index (χ1) is 10.4. The topological polar surface area (TPSA) is 12.9 Å². The number of halogens is 3. The second-order valence-corrected chi connectivity index (χ2v) is 12.1. The van der Waals surface area contributed by atoms with Gasteiger partial charge in [0.2, 0.25) is 0 Å². The van der Waals surface area contributed by atoms with Crippen LogP contribution in [0.3, 0.4) is 0 Å². The summed E-state index contributed by atoms with van der Waals surface area (Å²) < 4.78 is 0. The summed E-state index contributed by atoms with van der Waals surface area (Å²) >= 11 is 0. The summed E-state index contributed by atoms with van der Waals surface area (Å²) in [5.41, 5.74) is 4.19. The second-order valence-electron chi connectivity index (χ2n) is 6.79. The van der Waals surface area contributed by atoms with Gasteiger partial charge in [-0.2, -0.15) is 0 Å². The fraction of sp³-hybridized carbons (Fsp3) is 0.450. The summed E-state index contributed by atoms with van der Waals surface area (Å²) in [6, 6.07) is 16.2. The first-order valence-corrected chi connectivity index (χ1v) is 10.2. The van der Waals surface area contributed by atoms with E-state index in [1.807, 2.05) is 18.3 Å². The average molecular weight is 745 g/mol. The van der Waals surface area contributed by atoms with Crippen LogP contribution < -0.4 is 56.2 Å². The molecule has 1 heterocycles. The van der Waals surface area contributed by atoms with Crippen LogP contribution in [-0.2, 0) is 20.1 Å². The molecular formula is C20H28Br3IrNP-3. The Morgan fingerprint density at radius 2 is 1.38 bits per heavy atom. The van der Waals surface area contributed by atoms with E-state index in [-0.39, 0.29) is 71.0 Å². The predicted molar refractivity (Wildman–Crippen MR) is 100 cm³/mol. The minimum atomic E-state index is -1.26. The van der Waals surface area contributed by atoms with E-state index in [1.165, 1.54) is 5.30 Å². The molecule has 0 aliphatic heterocycles. The molecule has 0 spiro atoms. The fourth-order valence-corrected chi connectivity index (χ4v) is 10.1. The minimum Gasteiger partial charge on any atom is -1.00 e. The molecule has 0 fully saturated rings. The largest absolute Gasteiger partial charge is 1.00 e. The summed E-state index contributed by atoms with van der Waals surface area (Å²) in [7, 11) is -1.26. The van der Waals surface area contributed by atoms with Crippen molar-refractivity contribution in [2.24, 2.45) is 0 Å². The van der Waals surface area contributed by atoms with Crippen molar-refractivity contribution in [1.29, 1.82) is 0 Å². The molecule has 26 heavy (non-hydrogen) atoms. The zero-order valence-electron chi connectivity index (χ0n) is 16.1. The molecule has 2 rings (SSSR count). The van der Waals surface area contributed by atoms with Crippen molar-refractivity contribution in [3.05, 3.63) is 48.7 Å². The fourth-order valence-electron chi connectivity index (χ4n) is 4.05. The summed E-state index contributed by atoms with van der Waals surface area (Å²) in [5.74, 6) is 0. The van der Waals surface area contributed by atoms with E-state index in [9.17, 15) is 0 Å². The Morgan fingerprint density at radius 1 is 0.846 bits per heavy atom. The van der Waals surface area contributed by atoms with Crippen molar-refractivity contribution >= 4 is 12.6 Å². The molecule has 1 aromatic heterocycles. The molecule has 0 bridgehead atoms. The SMILES string of the molecule is CC(C)[P+](c1cc[c-]c(-c2ccccn2)c1)(C(C)C)C(C)C.[Br-].[Br-].[Br-].[Ir]. The van der Waals surface area contributed by atoms with E-state index in [4.69, 9.17) is 0 Å². The number of benzene rings is 1. The minimum absolute atomic E-state index is 0. The van der Waals surface area contributed by atoms with Crippen LogP contribution in [0.15, 0.2) is 42.6 Å². The van der Waals surface area contributed by atoms with E-state index < -0.39 is 7.26 Å². The van der Waals surface area contributed by atoms with Gasteiger partial charge in [0.05, 0.1) is 17.0 Å². The Labute approximate surface area is 205 Å². The number of hydrogen-bond acceptors (Lipinski definition) is 1. The van der Waals surface area contributed by atoms with Crippen molar-refractivity contribution in [1.82, 2.24) is 4.98 Å². The predicted octanol–water partition coefficient (Wildman–Crippen LogP) is -3.57. The number of rotatable bonds is 5. The van der Waals surface area contributed by atoms with Crippen molar-refractivity contribution in [3.63, 3.8) is 0 Å². The maximum absolute atomic E-state index is 4.49. The molecule has 0 aliphatic carbocycles. The number of aromatic nitrogens is 1. The van der Waals surface area contributed by atoms with Gasteiger partial charge in [-0.05, 0) is 53.3 Å². The second kappa shape index (κ2) is 14.0. The Morgan fingerprint density at radius 3 is 1.81 bits per heavy atom. The molecule has 0 atom stereocenters. The molecule has 1 aromatic carbocycles. The summed E-state index contributed by atoms with van der Waals surface area (Å²) in [6.07, 6.45) is 1.85. The third kappa shape index (κ3) is 6.46. The van der Waals surface area contributed by atoms with Gasteiger partial charge >= 0.3 is 0 Å². The third-order valence-electron chi connectivity index (χ3n) is 4.74. The molecule has 0 unspecified atom stereocenters. The van der Waals surface area contributed by atoms with Crippen molar-refractivity contribution < 1.29 is 71.0 Å². The Hall–Kier alpha value is 0.889. The van der Waals surface area contributed by atoms with Gasteiger partial charge in [-0.1, -0.05) is 12.1 Å². The Kier molecular flexibility index (Phi) is 17.0. The van der Waals surface area contributed by atoms with Crippen LogP contribution in [0.5, 0.6) is 0 Å². The average Bonchev–Trinajstić information content (AvgIpc) is 2.48. The number of pyridine rings is 1. The maximum Gasteiger partial charge on any atom is 0.0677 e. The quantitative estimate of drug-likeness (QED) is 0.229. The van der Waals surface area contributed by atoms with E-state index in [2.05, 4.69) is 76.9 Å². The van der Waals surface area contributed by atoms with Gasteiger partial charge in [0, 0.05) is 38.9 Å². The zero-order chi connectivity index (χ0) is 16.3. The number of hydrogen-bond donors (Lipinski definition) is 0. The molecule has 0 aliphatic rings. The molecule has 2 aromatic rings. The van der Waals surface area contributed by atoms with Crippen molar-refractivity contribution in [2.45, 2.75) is 58.5 Å².